The van der Waals surface area contributed by atoms with Crippen molar-refractivity contribution in [3.8, 4) is 0 Å². The molecule has 1 saturated heterocycles. The highest BCUT2D eigenvalue weighted by Gasteiger charge is 2.20. The van der Waals surface area contributed by atoms with Gasteiger partial charge in [-0.1, -0.05) is 28.1 Å². The Balaban J connectivity index is 1.71. The summed E-state index contributed by atoms with van der Waals surface area (Å²) in [5.74, 6) is -0.197. The van der Waals surface area contributed by atoms with Gasteiger partial charge in [0, 0.05) is 47.5 Å². The molecule has 0 saturated carbocycles. The number of halogens is 1. The number of carbonyl (C=O) groups excluding carboxylic acids is 2. The molecular weight excluding hydrogens is 382 g/mol. The van der Waals surface area contributed by atoms with Gasteiger partial charge in [0.2, 0.25) is 0 Å². The maximum Gasteiger partial charge on any atom is 0.255 e. The topological polar surface area (TPSA) is 52.6 Å². The van der Waals surface area contributed by atoms with Crippen molar-refractivity contribution in [1.82, 2.24) is 9.80 Å². The van der Waals surface area contributed by atoms with Crippen molar-refractivity contribution < 1.29 is 9.59 Å². The number of hydrogen-bond acceptors (Lipinski definition) is 3. The molecule has 2 aromatic carbocycles. The maximum atomic E-state index is 12.6. The summed E-state index contributed by atoms with van der Waals surface area (Å²) in [4.78, 5) is 29.1. The first kappa shape index (κ1) is 17.6. The monoisotopic (exact) mass is 401 g/mol. The Morgan fingerprint density at radius 2 is 1.64 bits per heavy atom. The van der Waals surface area contributed by atoms with Gasteiger partial charge < -0.3 is 15.1 Å². The molecule has 5 nitrogen and oxygen atoms in total. The molecule has 0 atom stereocenters. The number of nitrogens with one attached hydrogen (secondary N) is 1. The van der Waals surface area contributed by atoms with Crippen LogP contribution in [0.3, 0.4) is 0 Å². The fourth-order valence-corrected chi connectivity index (χ4v) is 3.15. The van der Waals surface area contributed by atoms with Gasteiger partial charge in [0.15, 0.2) is 0 Å². The molecular formula is C19H20BrN3O2. The van der Waals surface area contributed by atoms with Gasteiger partial charge in [0.05, 0.1) is 0 Å². The van der Waals surface area contributed by atoms with Crippen LogP contribution in [0.2, 0.25) is 0 Å². The zero-order valence-electron chi connectivity index (χ0n) is 14.0. The fourth-order valence-electron chi connectivity index (χ4n) is 2.76. The molecule has 0 bridgehead atoms. The lowest BCUT2D eigenvalue weighted by Gasteiger charge is -2.32. The van der Waals surface area contributed by atoms with Crippen LogP contribution in [0.5, 0.6) is 0 Å². The zero-order chi connectivity index (χ0) is 17.8. The SMILES string of the molecule is CN1CCN(C(=O)c2cccc(NC(=O)c3cccc(Br)c3)c2)CC1. The van der Waals surface area contributed by atoms with E-state index in [9.17, 15) is 9.59 Å². The van der Waals surface area contributed by atoms with E-state index in [1.165, 1.54) is 0 Å². The smallest absolute Gasteiger partial charge is 0.255 e. The molecule has 0 aromatic heterocycles. The molecule has 1 aliphatic rings. The van der Waals surface area contributed by atoms with E-state index in [1.54, 1.807) is 36.4 Å². The molecule has 130 valence electrons. The predicted octanol–water partition coefficient (Wildman–Crippen LogP) is 3.09. The van der Waals surface area contributed by atoms with Crippen LogP contribution in [0.1, 0.15) is 20.7 Å². The highest BCUT2D eigenvalue weighted by molar-refractivity contribution is 9.10. The number of anilines is 1. The minimum atomic E-state index is -0.203. The lowest BCUT2D eigenvalue weighted by atomic mass is 10.1. The third-order valence-electron chi connectivity index (χ3n) is 4.24. The summed E-state index contributed by atoms with van der Waals surface area (Å²) in [6.07, 6.45) is 0. The van der Waals surface area contributed by atoms with E-state index in [0.717, 1.165) is 30.7 Å². The molecule has 1 N–H and O–H groups in total. The van der Waals surface area contributed by atoms with E-state index in [4.69, 9.17) is 0 Å². The van der Waals surface area contributed by atoms with Crippen LogP contribution in [0.15, 0.2) is 53.0 Å². The summed E-state index contributed by atoms with van der Waals surface area (Å²) in [5.41, 5.74) is 1.77. The summed E-state index contributed by atoms with van der Waals surface area (Å²) in [5, 5.41) is 2.85. The second-order valence-corrected chi connectivity index (χ2v) is 7.06. The Hall–Kier alpha value is -2.18. The Bertz CT molecular complexity index is 786. The van der Waals surface area contributed by atoms with E-state index in [0.29, 0.717) is 16.8 Å². The Labute approximate surface area is 155 Å². The number of hydrogen-bond donors (Lipinski definition) is 1. The van der Waals surface area contributed by atoms with Crippen LogP contribution in [0.4, 0.5) is 5.69 Å². The second-order valence-electron chi connectivity index (χ2n) is 6.14. The summed E-state index contributed by atoms with van der Waals surface area (Å²) in [6, 6.07) is 14.3. The molecule has 0 aliphatic carbocycles. The number of likely N-dealkylation sites (N-methyl/N-ethyl adjacent to an activating group) is 1. The van der Waals surface area contributed by atoms with Gasteiger partial charge in [-0.15, -0.1) is 0 Å². The molecule has 0 radical (unpaired) electrons. The average Bonchev–Trinajstić information content (AvgIpc) is 2.62. The van der Waals surface area contributed by atoms with Crippen LogP contribution in [0, 0.1) is 0 Å². The number of piperazine rings is 1. The van der Waals surface area contributed by atoms with Crippen molar-refractivity contribution in [2.75, 3.05) is 38.5 Å². The number of rotatable bonds is 3. The first-order valence-electron chi connectivity index (χ1n) is 8.18. The summed E-state index contributed by atoms with van der Waals surface area (Å²) in [6.45, 7) is 3.21. The minimum absolute atomic E-state index is 0.00616. The van der Waals surface area contributed by atoms with Crippen LogP contribution >= 0.6 is 15.9 Å². The third kappa shape index (κ3) is 4.46. The van der Waals surface area contributed by atoms with E-state index in [1.807, 2.05) is 17.0 Å². The third-order valence-corrected chi connectivity index (χ3v) is 4.74. The predicted molar refractivity (Wildman–Crippen MR) is 102 cm³/mol. The van der Waals surface area contributed by atoms with E-state index in [2.05, 4.69) is 33.2 Å². The standard InChI is InChI=1S/C19H20BrN3O2/c1-22-8-10-23(11-9-22)19(25)15-5-3-7-17(13-15)21-18(24)14-4-2-6-16(20)12-14/h2-7,12-13H,8-11H2,1H3,(H,21,24). The lowest BCUT2D eigenvalue weighted by Crippen LogP contribution is -2.47. The van der Waals surface area contributed by atoms with Crippen molar-refractivity contribution in [2.45, 2.75) is 0 Å². The van der Waals surface area contributed by atoms with Gasteiger partial charge in [0.25, 0.3) is 11.8 Å². The zero-order valence-corrected chi connectivity index (χ0v) is 15.6. The van der Waals surface area contributed by atoms with Gasteiger partial charge in [-0.3, -0.25) is 9.59 Å². The van der Waals surface area contributed by atoms with E-state index in [-0.39, 0.29) is 11.8 Å². The van der Waals surface area contributed by atoms with Gasteiger partial charge in [-0.05, 0) is 43.4 Å². The van der Waals surface area contributed by atoms with Crippen molar-refractivity contribution in [3.63, 3.8) is 0 Å². The van der Waals surface area contributed by atoms with Crippen LogP contribution in [0.25, 0.3) is 0 Å². The van der Waals surface area contributed by atoms with Crippen molar-refractivity contribution >= 4 is 33.4 Å². The molecule has 1 heterocycles. The van der Waals surface area contributed by atoms with Gasteiger partial charge in [0.1, 0.15) is 0 Å². The van der Waals surface area contributed by atoms with Crippen molar-refractivity contribution in [3.05, 3.63) is 64.1 Å². The Morgan fingerprint density at radius 3 is 2.36 bits per heavy atom. The molecule has 0 spiro atoms. The molecule has 2 aromatic rings. The average molecular weight is 402 g/mol. The summed E-state index contributed by atoms with van der Waals surface area (Å²) >= 11 is 3.36. The molecule has 2 amide bonds. The largest absolute Gasteiger partial charge is 0.336 e. The molecule has 1 fully saturated rings. The van der Waals surface area contributed by atoms with Crippen LogP contribution in [-0.2, 0) is 0 Å². The number of amides is 2. The minimum Gasteiger partial charge on any atom is -0.336 e. The molecule has 1 aliphatic heterocycles. The summed E-state index contributed by atoms with van der Waals surface area (Å²) < 4.78 is 0.846. The van der Waals surface area contributed by atoms with Crippen LogP contribution in [-0.4, -0.2) is 54.8 Å². The summed E-state index contributed by atoms with van der Waals surface area (Å²) in [7, 11) is 2.06. The molecule has 25 heavy (non-hydrogen) atoms. The van der Waals surface area contributed by atoms with Crippen molar-refractivity contribution in [2.24, 2.45) is 0 Å². The Kier molecular flexibility index (Phi) is 5.50. The number of nitrogens with zero attached hydrogens (tertiary/aromatic N) is 2. The van der Waals surface area contributed by atoms with E-state index < -0.39 is 0 Å². The first-order valence-corrected chi connectivity index (χ1v) is 8.97. The molecule has 0 unspecified atom stereocenters. The molecule has 3 rings (SSSR count). The maximum absolute atomic E-state index is 12.6. The quantitative estimate of drug-likeness (QED) is 0.859. The Morgan fingerprint density at radius 1 is 0.960 bits per heavy atom. The lowest BCUT2D eigenvalue weighted by molar-refractivity contribution is 0.0664. The highest BCUT2D eigenvalue weighted by Crippen LogP contribution is 2.17. The van der Waals surface area contributed by atoms with Gasteiger partial charge in [-0.2, -0.15) is 0 Å². The van der Waals surface area contributed by atoms with Gasteiger partial charge >= 0.3 is 0 Å². The normalized spacial score (nSPS) is 15.0. The van der Waals surface area contributed by atoms with Crippen LogP contribution < -0.4 is 5.32 Å². The highest BCUT2D eigenvalue weighted by atomic mass is 79.9. The number of benzene rings is 2. The molecule has 6 heteroatoms. The van der Waals surface area contributed by atoms with Gasteiger partial charge in [-0.25, -0.2) is 0 Å². The second kappa shape index (κ2) is 7.80. The fraction of sp³-hybridized carbons (Fsp3) is 0.263. The van der Waals surface area contributed by atoms with Crippen molar-refractivity contribution in [1.29, 1.82) is 0 Å². The first-order chi connectivity index (χ1) is 12.0. The number of carbonyl (C=O) groups is 2. The van der Waals surface area contributed by atoms with E-state index >= 15 is 0 Å².